The number of hydrogen-bond donors (Lipinski definition) is 0. The molecular formula is C24H26ClN3O2S. The number of rotatable bonds is 6. The van der Waals surface area contributed by atoms with Gasteiger partial charge >= 0.3 is 0 Å². The molecule has 0 spiro atoms. The Hall–Kier alpha value is -2.57. The molecule has 3 aromatic rings. The number of aromatic nitrogens is 1. The number of ether oxygens (including phenoxy) is 1. The Balaban J connectivity index is 1.34. The van der Waals surface area contributed by atoms with Gasteiger partial charge in [-0.1, -0.05) is 23.7 Å². The topological polar surface area (TPSA) is 45.7 Å². The zero-order valence-electron chi connectivity index (χ0n) is 17.8. The highest BCUT2D eigenvalue weighted by Gasteiger charge is 2.23. The van der Waals surface area contributed by atoms with Gasteiger partial charge in [0.1, 0.15) is 10.8 Å². The lowest BCUT2D eigenvalue weighted by Gasteiger charge is -2.36. The van der Waals surface area contributed by atoms with Crippen molar-refractivity contribution in [3.8, 4) is 16.3 Å². The van der Waals surface area contributed by atoms with Gasteiger partial charge in [-0.15, -0.1) is 11.3 Å². The summed E-state index contributed by atoms with van der Waals surface area (Å²) in [5, 5.41) is 1.63. The highest BCUT2D eigenvalue weighted by molar-refractivity contribution is 7.15. The SMILES string of the molecule is CCOc1ccc(N2CCN(C(=O)Cc3nc(-c4ccc(Cl)cc4)sc3C)CC2)cc1. The van der Waals surface area contributed by atoms with Crippen molar-refractivity contribution in [3.05, 3.63) is 64.1 Å². The van der Waals surface area contributed by atoms with Crippen LogP contribution in [0.15, 0.2) is 48.5 Å². The summed E-state index contributed by atoms with van der Waals surface area (Å²) in [6, 6.07) is 15.8. The molecule has 0 bridgehead atoms. The second-order valence-corrected chi connectivity index (χ2v) is 9.14. The largest absolute Gasteiger partial charge is 0.494 e. The molecule has 0 saturated carbocycles. The molecule has 0 radical (unpaired) electrons. The molecule has 0 N–H and O–H groups in total. The van der Waals surface area contributed by atoms with Crippen LogP contribution in [-0.4, -0.2) is 48.6 Å². The van der Waals surface area contributed by atoms with Gasteiger partial charge in [-0.25, -0.2) is 4.98 Å². The smallest absolute Gasteiger partial charge is 0.228 e. The average molecular weight is 456 g/mol. The third-order valence-corrected chi connectivity index (χ3v) is 6.76. The van der Waals surface area contributed by atoms with Crippen LogP contribution in [0.2, 0.25) is 5.02 Å². The number of thiazole rings is 1. The van der Waals surface area contributed by atoms with E-state index in [9.17, 15) is 4.79 Å². The average Bonchev–Trinajstić information content (AvgIpc) is 3.15. The van der Waals surface area contributed by atoms with E-state index in [1.54, 1.807) is 11.3 Å². The monoisotopic (exact) mass is 455 g/mol. The third kappa shape index (κ3) is 5.20. The number of nitrogens with zero attached hydrogens (tertiary/aromatic N) is 3. The molecule has 0 aliphatic carbocycles. The van der Waals surface area contributed by atoms with Gasteiger partial charge < -0.3 is 14.5 Å². The minimum atomic E-state index is 0.141. The molecule has 5 nitrogen and oxygen atoms in total. The lowest BCUT2D eigenvalue weighted by atomic mass is 10.2. The summed E-state index contributed by atoms with van der Waals surface area (Å²) in [7, 11) is 0. The molecule has 2 aromatic carbocycles. The summed E-state index contributed by atoms with van der Waals surface area (Å²) in [5.41, 5.74) is 3.06. The Morgan fingerprint density at radius 2 is 1.74 bits per heavy atom. The van der Waals surface area contributed by atoms with Crippen molar-refractivity contribution < 1.29 is 9.53 Å². The first kappa shape index (κ1) is 21.7. The molecule has 0 unspecified atom stereocenters. The fourth-order valence-corrected chi connectivity index (χ4v) is 4.76. The second-order valence-electron chi connectivity index (χ2n) is 7.50. The summed E-state index contributed by atoms with van der Waals surface area (Å²) in [5.74, 6) is 1.03. The molecule has 1 saturated heterocycles. The molecule has 1 aliphatic heterocycles. The first-order valence-corrected chi connectivity index (χ1v) is 11.7. The molecule has 2 heterocycles. The molecule has 7 heteroatoms. The predicted molar refractivity (Wildman–Crippen MR) is 127 cm³/mol. The van der Waals surface area contributed by atoms with Crippen LogP contribution < -0.4 is 9.64 Å². The van der Waals surface area contributed by atoms with E-state index < -0.39 is 0 Å². The maximum Gasteiger partial charge on any atom is 0.228 e. The predicted octanol–water partition coefficient (Wildman–Crippen LogP) is 5.06. The quantitative estimate of drug-likeness (QED) is 0.521. The Labute approximate surface area is 192 Å². The number of carbonyl (C=O) groups excluding carboxylic acids is 1. The van der Waals surface area contributed by atoms with Crippen molar-refractivity contribution >= 4 is 34.5 Å². The Bertz CT molecular complexity index is 1030. The van der Waals surface area contributed by atoms with Crippen molar-refractivity contribution in [2.45, 2.75) is 20.3 Å². The lowest BCUT2D eigenvalue weighted by Crippen LogP contribution is -2.49. The van der Waals surface area contributed by atoms with E-state index in [4.69, 9.17) is 21.3 Å². The fourth-order valence-electron chi connectivity index (χ4n) is 3.70. The fraction of sp³-hybridized carbons (Fsp3) is 0.333. The minimum absolute atomic E-state index is 0.141. The Morgan fingerprint density at radius 1 is 1.06 bits per heavy atom. The number of aryl methyl sites for hydroxylation is 1. The summed E-state index contributed by atoms with van der Waals surface area (Å²) in [6.07, 6.45) is 0.346. The van der Waals surface area contributed by atoms with Gasteiger partial charge in [0.2, 0.25) is 5.91 Å². The van der Waals surface area contributed by atoms with E-state index >= 15 is 0 Å². The van der Waals surface area contributed by atoms with E-state index in [1.165, 1.54) is 5.69 Å². The van der Waals surface area contributed by atoms with Gasteiger partial charge in [-0.3, -0.25) is 4.79 Å². The minimum Gasteiger partial charge on any atom is -0.494 e. The van der Waals surface area contributed by atoms with Crippen molar-refractivity contribution in [1.82, 2.24) is 9.88 Å². The van der Waals surface area contributed by atoms with Gasteiger partial charge in [0.05, 0.1) is 18.7 Å². The first-order chi connectivity index (χ1) is 15.0. The highest BCUT2D eigenvalue weighted by atomic mass is 35.5. The van der Waals surface area contributed by atoms with Gasteiger partial charge in [0.15, 0.2) is 0 Å². The number of benzene rings is 2. The zero-order chi connectivity index (χ0) is 21.8. The normalized spacial score (nSPS) is 14.0. The molecule has 1 fully saturated rings. The van der Waals surface area contributed by atoms with E-state index in [0.29, 0.717) is 18.1 Å². The number of anilines is 1. The maximum absolute atomic E-state index is 12.9. The third-order valence-electron chi connectivity index (χ3n) is 5.45. The van der Waals surface area contributed by atoms with Crippen LogP contribution in [0.1, 0.15) is 17.5 Å². The van der Waals surface area contributed by atoms with Crippen molar-refractivity contribution in [2.75, 3.05) is 37.7 Å². The van der Waals surface area contributed by atoms with Gasteiger partial charge in [0.25, 0.3) is 0 Å². The van der Waals surface area contributed by atoms with E-state index in [0.717, 1.165) is 53.1 Å². The highest BCUT2D eigenvalue weighted by Crippen LogP contribution is 2.29. The molecule has 31 heavy (non-hydrogen) atoms. The van der Waals surface area contributed by atoms with Crippen LogP contribution in [-0.2, 0) is 11.2 Å². The van der Waals surface area contributed by atoms with Crippen LogP contribution in [0.25, 0.3) is 10.6 Å². The Morgan fingerprint density at radius 3 is 2.39 bits per heavy atom. The summed E-state index contributed by atoms with van der Waals surface area (Å²) >= 11 is 7.60. The van der Waals surface area contributed by atoms with Crippen molar-refractivity contribution in [2.24, 2.45) is 0 Å². The Kier molecular flexibility index (Phi) is 6.78. The van der Waals surface area contributed by atoms with Crippen LogP contribution >= 0.6 is 22.9 Å². The number of piperazine rings is 1. The standard InChI is InChI=1S/C24H26ClN3O2S/c1-3-30-21-10-8-20(9-11-21)27-12-14-28(15-13-27)23(29)16-22-17(2)31-24(26-22)18-4-6-19(25)7-5-18/h4-11H,3,12-16H2,1-2H3. The van der Waals surface area contributed by atoms with Crippen LogP contribution in [0, 0.1) is 6.92 Å². The molecule has 1 aliphatic rings. The van der Waals surface area contributed by atoms with Gasteiger partial charge in [-0.05, 0) is 50.2 Å². The molecule has 162 valence electrons. The molecule has 1 aromatic heterocycles. The zero-order valence-corrected chi connectivity index (χ0v) is 19.4. The van der Waals surface area contributed by atoms with Crippen LogP contribution in [0.3, 0.4) is 0 Å². The summed E-state index contributed by atoms with van der Waals surface area (Å²) in [4.78, 5) is 23.0. The molecule has 0 atom stereocenters. The maximum atomic E-state index is 12.9. The molecule has 4 rings (SSSR count). The number of halogens is 1. The van der Waals surface area contributed by atoms with Gasteiger partial charge in [0, 0.05) is 47.3 Å². The number of amides is 1. The van der Waals surface area contributed by atoms with Crippen LogP contribution in [0.4, 0.5) is 5.69 Å². The molecule has 1 amide bonds. The number of carbonyl (C=O) groups is 1. The summed E-state index contributed by atoms with van der Waals surface area (Å²) < 4.78 is 5.52. The van der Waals surface area contributed by atoms with Gasteiger partial charge in [-0.2, -0.15) is 0 Å². The van der Waals surface area contributed by atoms with Crippen molar-refractivity contribution in [3.63, 3.8) is 0 Å². The number of hydrogen-bond acceptors (Lipinski definition) is 5. The second kappa shape index (κ2) is 9.71. The van der Waals surface area contributed by atoms with E-state index in [-0.39, 0.29) is 5.91 Å². The van der Waals surface area contributed by atoms with Crippen molar-refractivity contribution in [1.29, 1.82) is 0 Å². The summed E-state index contributed by atoms with van der Waals surface area (Å²) in [6.45, 7) is 7.77. The lowest BCUT2D eigenvalue weighted by molar-refractivity contribution is -0.130. The molecular weight excluding hydrogens is 430 g/mol. The van der Waals surface area contributed by atoms with E-state index in [2.05, 4.69) is 17.0 Å². The van der Waals surface area contributed by atoms with E-state index in [1.807, 2.05) is 55.1 Å². The first-order valence-electron chi connectivity index (χ1n) is 10.5. The van der Waals surface area contributed by atoms with Crippen LogP contribution in [0.5, 0.6) is 5.75 Å².